The second-order valence-corrected chi connectivity index (χ2v) is 7.76. The highest BCUT2D eigenvalue weighted by Gasteiger charge is 2.22. The van der Waals surface area contributed by atoms with E-state index in [9.17, 15) is 8.78 Å². The van der Waals surface area contributed by atoms with Gasteiger partial charge in [0.25, 0.3) is 0 Å². The third kappa shape index (κ3) is 5.52. The van der Waals surface area contributed by atoms with Crippen molar-refractivity contribution in [2.75, 3.05) is 11.5 Å². The predicted molar refractivity (Wildman–Crippen MR) is 122 cm³/mol. The second kappa shape index (κ2) is 10.4. The van der Waals surface area contributed by atoms with Crippen LogP contribution in [0.3, 0.4) is 0 Å². The van der Waals surface area contributed by atoms with Crippen molar-refractivity contribution in [2.45, 2.75) is 32.3 Å². The molecule has 0 spiro atoms. The lowest BCUT2D eigenvalue weighted by Crippen LogP contribution is -2.18. The maximum atomic E-state index is 13.0. The minimum Gasteiger partial charge on any atom is -0.461 e. The van der Waals surface area contributed by atoms with Crippen molar-refractivity contribution in [3.8, 4) is 17.2 Å². The Bertz CT molecular complexity index is 1220. The molecule has 4 aromatic rings. The number of halogens is 2. The Morgan fingerprint density at radius 3 is 2.63 bits per heavy atom. The monoisotopic (exact) mass is 480 g/mol. The zero-order valence-electron chi connectivity index (χ0n) is 18.6. The Morgan fingerprint density at radius 1 is 1.09 bits per heavy atom. The fraction of sp³-hybridized carbons (Fsp3) is 0.250. The number of ether oxygens (including phenoxy) is 3. The molecule has 1 saturated heterocycles. The Morgan fingerprint density at radius 2 is 1.94 bits per heavy atom. The quantitative estimate of drug-likeness (QED) is 0.346. The number of rotatable bonds is 9. The molecular formula is C24H22F2N6O3. The van der Waals surface area contributed by atoms with Crippen molar-refractivity contribution in [1.82, 2.24) is 25.2 Å². The maximum absolute atomic E-state index is 13.0. The molecule has 3 heterocycles. The van der Waals surface area contributed by atoms with E-state index < -0.39 is 12.9 Å². The van der Waals surface area contributed by atoms with Crippen LogP contribution in [0.2, 0.25) is 0 Å². The number of nitrogens with zero attached hydrogens (tertiary/aromatic N) is 6. The molecule has 1 atom stereocenters. The summed E-state index contributed by atoms with van der Waals surface area (Å²) in [4.78, 5) is 7.64. The van der Waals surface area contributed by atoms with Gasteiger partial charge in [0.1, 0.15) is 0 Å². The zero-order valence-corrected chi connectivity index (χ0v) is 18.6. The topological polar surface area (TPSA) is 87.4 Å². The van der Waals surface area contributed by atoms with Gasteiger partial charge >= 0.3 is 6.61 Å². The Labute approximate surface area is 199 Å². The molecule has 2 aromatic carbocycles. The van der Waals surface area contributed by atoms with E-state index in [1.807, 2.05) is 41.3 Å². The highest BCUT2D eigenvalue weighted by molar-refractivity contribution is 5.67. The summed E-state index contributed by atoms with van der Waals surface area (Å²) in [6, 6.07) is 16.3. The van der Waals surface area contributed by atoms with Gasteiger partial charge in [-0.25, -0.2) is 0 Å². The van der Waals surface area contributed by atoms with Crippen LogP contribution in [-0.2, 0) is 11.3 Å². The lowest BCUT2D eigenvalue weighted by molar-refractivity contribution is -0.0632. The van der Waals surface area contributed by atoms with Crippen molar-refractivity contribution >= 4 is 11.4 Å². The average Bonchev–Trinajstić information content (AvgIpc) is 3.59. The number of anilines is 2. The lowest BCUT2D eigenvalue weighted by atomic mass is 10.1. The number of pyridine rings is 1. The summed E-state index contributed by atoms with van der Waals surface area (Å²) in [6.45, 7) is -1.93. The van der Waals surface area contributed by atoms with Crippen LogP contribution < -0.4 is 14.4 Å². The summed E-state index contributed by atoms with van der Waals surface area (Å²) in [5.41, 5.74) is 3.28. The molecule has 0 aliphatic carbocycles. The minimum absolute atomic E-state index is 0.0480. The molecule has 1 unspecified atom stereocenters. The second-order valence-electron chi connectivity index (χ2n) is 7.76. The molecule has 11 heteroatoms. The van der Waals surface area contributed by atoms with Gasteiger partial charge < -0.3 is 19.1 Å². The summed E-state index contributed by atoms with van der Waals surface area (Å²) in [5, 5.41) is 11.7. The smallest absolute Gasteiger partial charge is 0.387 e. The van der Waals surface area contributed by atoms with E-state index in [1.54, 1.807) is 24.5 Å². The van der Waals surface area contributed by atoms with Gasteiger partial charge in [0, 0.05) is 42.8 Å². The number of tetrazole rings is 1. The van der Waals surface area contributed by atoms with Crippen LogP contribution in [0.5, 0.6) is 11.5 Å². The highest BCUT2D eigenvalue weighted by Crippen LogP contribution is 2.38. The van der Waals surface area contributed by atoms with Crippen LogP contribution in [0.15, 0.2) is 73.3 Å². The van der Waals surface area contributed by atoms with Gasteiger partial charge in [-0.05, 0) is 59.7 Å². The summed E-state index contributed by atoms with van der Waals surface area (Å²) < 4.78 is 42.2. The Kier molecular flexibility index (Phi) is 6.75. The molecule has 9 nitrogen and oxygen atoms in total. The number of hydrogen-bond acceptors (Lipinski definition) is 8. The van der Waals surface area contributed by atoms with Crippen LogP contribution in [0, 0.1) is 0 Å². The summed E-state index contributed by atoms with van der Waals surface area (Å²) >= 11 is 0. The van der Waals surface area contributed by atoms with Gasteiger partial charge in [-0.2, -0.15) is 8.78 Å². The third-order valence-corrected chi connectivity index (χ3v) is 5.41. The van der Waals surface area contributed by atoms with Crippen LogP contribution >= 0.6 is 0 Å². The first-order valence-electron chi connectivity index (χ1n) is 11.0. The van der Waals surface area contributed by atoms with Crippen LogP contribution in [0.25, 0.3) is 5.69 Å². The van der Waals surface area contributed by atoms with Crippen LogP contribution in [0.1, 0.15) is 18.4 Å². The van der Waals surface area contributed by atoms with Gasteiger partial charge in [0.05, 0.1) is 12.3 Å². The molecule has 0 radical (unpaired) electrons. The first-order valence-corrected chi connectivity index (χ1v) is 11.0. The largest absolute Gasteiger partial charge is 0.461 e. The van der Waals surface area contributed by atoms with Gasteiger partial charge in [0.2, 0.25) is 0 Å². The molecule has 5 rings (SSSR count). The normalized spacial score (nSPS) is 15.3. The number of benzene rings is 2. The van der Waals surface area contributed by atoms with Crippen LogP contribution in [-0.4, -0.2) is 44.7 Å². The Balaban J connectivity index is 1.51. The average molecular weight is 480 g/mol. The molecule has 1 aliphatic rings. The number of hydrogen-bond donors (Lipinski definition) is 0. The summed E-state index contributed by atoms with van der Waals surface area (Å²) in [7, 11) is 0. The van der Waals surface area contributed by atoms with E-state index in [-0.39, 0.29) is 11.5 Å². The van der Waals surface area contributed by atoms with Crippen molar-refractivity contribution in [1.29, 1.82) is 0 Å². The van der Waals surface area contributed by atoms with Crippen molar-refractivity contribution in [3.05, 3.63) is 78.9 Å². The van der Waals surface area contributed by atoms with Gasteiger partial charge in [-0.3, -0.25) is 4.98 Å². The van der Waals surface area contributed by atoms with E-state index >= 15 is 0 Å². The van der Waals surface area contributed by atoms with Gasteiger partial charge in [-0.15, -0.1) is 15.0 Å². The standard InChI is InChI=1S/C24H22F2N6O3/c25-24(26)35-21-10-9-20(13-22(21)34-23-4-2-12-33-23)31(15-17-3-1-11-27-14-17)18-5-7-19(8-6-18)32-29-16-28-30-32/h1,3,5-11,13-14,16,23-24H,2,4,12,15H2. The molecule has 0 N–H and O–H groups in total. The summed E-state index contributed by atoms with van der Waals surface area (Å²) in [5.74, 6) is 0.141. The predicted octanol–water partition coefficient (Wildman–Crippen LogP) is 4.51. The number of alkyl halides is 2. The molecule has 0 amide bonds. The zero-order chi connectivity index (χ0) is 24.0. The molecule has 1 aliphatic heterocycles. The van der Waals surface area contributed by atoms with Crippen molar-refractivity contribution in [3.63, 3.8) is 0 Å². The fourth-order valence-electron chi connectivity index (χ4n) is 3.79. The van der Waals surface area contributed by atoms with E-state index in [4.69, 9.17) is 14.2 Å². The Hall–Kier alpha value is -4.12. The van der Waals surface area contributed by atoms with E-state index in [0.717, 1.165) is 29.0 Å². The lowest BCUT2D eigenvalue weighted by Gasteiger charge is -2.27. The molecule has 1 fully saturated rings. The van der Waals surface area contributed by atoms with E-state index in [2.05, 4.69) is 20.4 Å². The molecule has 180 valence electrons. The first-order chi connectivity index (χ1) is 17.2. The minimum atomic E-state index is -2.97. The third-order valence-electron chi connectivity index (χ3n) is 5.41. The van der Waals surface area contributed by atoms with Crippen LogP contribution in [0.4, 0.5) is 20.2 Å². The SMILES string of the molecule is FC(F)Oc1ccc(N(Cc2cccnc2)c2ccc(-n3ncnn3)cc2)cc1OC1CCCO1. The molecule has 35 heavy (non-hydrogen) atoms. The van der Waals surface area contributed by atoms with E-state index in [1.165, 1.54) is 17.2 Å². The fourth-order valence-corrected chi connectivity index (χ4v) is 3.79. The summed E-state index contributed by atoms with van der Waals surface area (Å²) in [6.07, 6.45) is 5.86. The van der Waals surface area contributed by atoms with E-state index in [0.29, 0.717) is 19.6 Å². The van der Waals surface area contributed by atoms with Gasteiger partial charge in [-0.1, -0.05) is 6.07 Å². The molecular weight excluding hydrogens is 458 g/mol. The van der Waals surface area contributed by atoms with Crippen molar-refractivity contribution < 1.29 is 23.0 Å². The molecule has 2 aromatic heterocycles. The van der Waals surface area contributed by atoms with Gasteiger partial charge in [0.15, 0.2) is 24.1 Å². The number of aromatic nitrogens is 5. The van der Waals surface area contributed by atoms with Crippen molar-refractivity contribution in [2.24, 2.45) is 0 Å². The first kappa shape index (κ1) is 22.7. The molecule has 0 saturated carbocycles. The maximum Gasteiger partial charge on any atom is 0.387 e. The molecule has 0 bridgehead atoms. The highest BCUT2D eigenvalue weighted by atomic mass is 19.3.